The summed E-state index contributed by atoms with van der Waals surface area (Å²) in [5, 5.41) is 14.5. The molecule has 0 bridgehead atoms. The first kappa shape index (κ1) is 20.0. The van der Waals surface area contributed by atoms with E-state index in [0.717, 1.165) is 27.6 Å². The van der Waals surface area contributed by atoms with Crippen LogP contribution in [0.4, 0.5) is 5.69 Å². The van der Waals surface area contributed by atoms with Crippen LogP contribution < -0.4 is 5.32 Å². The van der Waals surface area contributed by atoms with Crippen molar-refractivity contribution < 1.29 is 13.2 Å². The van der Waals surface area contributed by atoms with Gasteiger partial charge in [-0.25, -0.2) is 8.42 Å². The van der Waals surface area contributed by atoms with Gasteiger partial charge in [0.05, 0.1) is 17.7 Å². The third-order valence-electron chi connectivity index (χ3n) is 5.07. The Kier molecular flexibility index (Phi) is 5.24. The van der Waals surface area contributed by atoms with Crippen LogP contribution in [0, 0.1) is 11.3 Å². The van der Waals surface area contributed by atoms with E-state index in [1.54, 1.807) is 18.5 Å². The fourth-order valence-electron chi connectivity index (χ4n) is 3.58. The lowest BCUT2D eigenvalue weighted by Gasteiger charge is -2.39. The van der Waals surface area contributed by atoms with E-state index in [2.05, 4.69) is 16.4 Å². The molecule has 0 saturated carbocycles. The molecule has 3 aromatic rings. The van der Waals surface area contributed by atoms with Crippen molar-refractivity contribution in [3.05, 3.63) is 60.4 Å². The standard InChI is InChI=1S/C22H20N4O3S/c1-15(27)14-30(28,29)26-12-20(13-26)25-22-9-19(8-18-5-6-24-11-21(18)22)17-4-2-3-16(7-17)10-23/h2-9,11,20,25H,12-14H2,1H3. The van der Waals surface area contributed by atoms with Gasteiger partial charge in [0, 0.05) is 36.6 Å². The molecule has 0 spiro atoms. The van der Waals surface area contributed by atoms with Gasteiger partial charge in [-0.2, -0.15) is 9.57 Å². The fourth-order valence-corrected chi connectivity index (χ4v) is 5.09. The number of hydrogen-bond acceptors (Lipinski definition) is 6. The van der Waals surface area contributed by atoms with E-state index < -0.39 is 15.8 Å². The average molecular weight is 420 g/mol. The number of Topliss-reactive ketones (excluding diaryl/α,β-unsaturated/α-hetero) is 1. The summed E-state index contributed by atoms with van der Waals surface area (Å²) in [4.78, 5) is 15.4. The number of pyridine rings is 1. The summed E-state index contributed by atoms with van der Waals surface area (Å²) in [5.41, 5.74) is 3.32. The molecule has 2 aromatic carbocycles. The predicted octanol–water partition coefficient (Wildman–Crippen LogP) is 2.79. The van der Waals surface area contributed by atoms with Crippen LogP contribution in [-0.2, 0) is 14.8 Å². The number of benzene rings is 2. The van der Waals surface area contributed by atoms with Gasteiger partial charge >= 0.3 is 0 Å². The molecule has 30 heavy (non-hydrogen) atoms. The Balaban J connectivity index is 1.62. The van der Waals surface area contributed by atoms with Crippen LogP contribution in [0.3, 0.4) is 0 Å². The Labute approximate surface area is 175 Å². The molecule has 0 radical (unpaired) electrons. The quantitative estimate of drug-likeness (QED) is 0.658. The molecule has 0 unspecified atom stereocenters. The second-order valence-corrected chi connectivity index (χ2v) is 9.40. The molecule has 0 amide bonds. The second kappa shape index (κ2) is 7.86. The van der Waals surface area contributed by atoms with Gasteiger partial charge in [0.15, 0.2) is 0 Å². The smallest absolute Gasteiger partial charge is 0.221 e. The van der Waals surface area contributed by atoms with Gasteiger partial charge < -0.3 is 5.32 Å². The maximum atomic E-state index is 12.2. The van der Waals surface area contributed by atoms with Crippen LogP contribution in [0.5, 0.6) is 0 Å². The first-order valence-corrected chi connectivity index (χ1v) is 11.1. The number of anilines is 1. The Hall–Kier alpha value is -3.28. The molecule has 1 aliphatic rings. The highest BCUT2D eigenvalue weighted by Crippen LogP contribution is 2.32. The molecule has 2 heterocycles. The largest absolute Gasteiger partial charge is 0.379 e. The molecule has 0 aliphatic carbocycles. The number of sulfonamides is 1. The number of fused-ring (bicyclic) bond motifs is 1. The number of carbonyl (C=O) groups excluding carboxylic acids is 1. The van der Waals surface area contributed by atoms with Crippen molar-refractivity contribution in [1.29, 1.82) is 5.26 Å². The molecule has 7 nitrogen and oxygen atoms in total. The number of hydrogen-bond donors (Lipinski definition) is 1. The average Bonchev–Trinajstić information content (AvgIpc) is 2.69. The molecule has 1 aliphatic heterocycles. The molecule has 1 aromatic heterocycles. The highest BCUT2D eigenvalue weighted by atomic mass is 32.2. The van der Waals surface area contributed by atoms with Crippen molar-refractivity contribution in [2.75, 3.05) is 24.2 Å². The lowest BCUT2D eigenvalue weighted by Crippen LogP contribution is -2.57. The van der Waals surface area contributed by atoms with Gasteiger partial charge in [0.1, 0.15) is 11.5 Å². The Bertz CT molecular complexity index is 1280. The van der Waals surface area contributed by atoms with E-state index in [9.17, 15) is 18.5 Å². The molecule has 4 rings (SSSR count). The monoisotopic (exact) mass is 420 g/mol. The zero-order valence-corrected chi connectivity index (χ0v) is 17.2. The van der Waals surface area contributed by atoms with E-state index in [0.29, 0.717) is 18.7 Å². The van der Waals surface area contributed by atoms with Crippen LogP contribution in [-0.4, -0.2) is 48.4 Å². The number of nitrogens with one attached hydrogen (secondary N) is 1. The first-order valence-electron chi connectivity index (χ1n) is 9.48. The maximum Gasteiger partial charge on any atom is 0.221 e. The molecular weight excluding hydrogens is 400 g/mol. The molecule has 0 atom stereocenters. The number of rotatable bonds is 6. The number of ketones is 1. The van der Waals surface area contributed by atoms with Gasteiger partial charge in [-0.3, -0.25) is 9.78 Å². The number of nitriles is 1. The minimum absolute atomic E-state index is 0.0594. The van der Waals surface area contributed by atoms with Gasteiger partial charge in [-0.05, 0) is 53.8 Å². The molecular formula is C22H20N4O3S. The van der Waals surface area contributed by atoms with Crippen molar-refractivity contribution in [2.24, 2.45) is 0 Å². The first-order chi connectivity index (χ1) is 14.4. The minimum Gasteiger partial charge on any atom is -0.379 e. The van der Waals surface area contributed by atoms with Gasteiger partial charge in [-0.1, -0.05) is 12.1 Å². The summed E-state index contributed by atoms with van der Waals surface area (Å²) in [6, 6.07) is 15.5. The Morgan fingerprint density at radius 3 is 2.77 bits per heavy atom. The van der Waals surface area contributed by atoms with E-state index >= 15 is 0 Å². The molecule has 8 heteroatoms. The SMILES string of the molecule is CC(=O)CS(=O)(=O)N1CC(Nc2cc(-c3cccc(C#N)c3)cc3ccncc23)C1. The highest BCUT2D eigenvalue weighted by Gasteiger charge is 2.36. The van der Waals surface area contributed by atoms with Crippen molar-refractivity contribution in [2.45, 2.75) is 13.0 Å². The van der Waals surface area contributed by atoms with E-state index in [4.69, 9.17) is 0 Å². The number of nitrogens with zero attached hydrogens (tertiary/aromatic N) is 3. The van der Waals surface area contributed by atoms with Crippen LogP contribution >= 0.6 is 0 Å². The zero-order valence-electron chi connectivity index (χ0n) is 16.4. The summed E-state index contributed by atoms with van der Waals surface area (Å²) in [6.07, 6.45) is 3.50. The van der Waals surface area contributed by atoms with Crippen LogP contribution in [0.15, 0.2) is 54.9 Å². The van der Waals surface area contributed by atoms with Crippen LogP contribution in [0.25, 0.3) is 21.9 Å². The van der Waals surface area contributed by atoms with Gasteiger partial charge in [0.2, 0.25) is 10.0 Å². The minimum atomic E-state index is -3.55. The lowest BCUT2D eigenvalue weighted by atomic mass is 9.99. The summed E-state index contributed by atoms with van der Waals surface area (Å²) < 4.78 is 25.7. The highest BCUT2D eigenvalue weighted by molar-refractivity contribution is 7.89. The zero-order chi connectivity index (χ0) is 21.3. The van der Waals surface area contributed by atoms with E-state index in [-0.39, 0.29) is 11.8 Å². The third-order valence-corrected chi connectivity index (χ3v) is 6.92. The number of carbonyl (C=O) groups is 1. The lowest BCUT2D eigenvalue weighted by molar-refractivity contribution is -0.114. The summed E-state index contributed by atoms with van der Waals surface area (Å²) in [6.45, 7) is 1.90. The second-order valence-electron chi connectivity index (χ2n) is 7.43. The van der Waals surface area contributed by atoms with Gasteiger partial charge in [-0.15, -0.1) is 0 Å². The molecule has 1 N–H and O–H groups in total. The fraction of sp³-hybridized carbons (Fsp3) is 0.227. The van der Waals surface area contributed by atoms with E-state index in [1.807, 2.05) is 36.4 Å². The molecule has 1 fully saturated rings. The molecule has 1 saturated heterocycles. The predicted molar refractivity (Wildman–Crippen MR) is 115 cm³/mol. The summed E-state index contributed by atoms with van der Waals surface area (Å²) in [5.74, 6) is -0.826. The Morgan fingerprint density at radius 2 is 2.03 bits per heavy atom. The van der Waals surface area contributed by atoms with Crippen molar-refractivity contribution in [3.63, 3.8) is 0 Å². The van der Waals surface area contributed by atoms with Crippen LogP contribution in [0.1, 0.15) is 12.5 Å². The number of aromatic nitrogens is 1. The topological polar surface area (TPSA) is 103 Å². The maximum absolute atomic E-state index is 12.2. The summed E-state index contributed by atoms with van der Waals surface area (Å²) >= 11 is 0. The summed E-state index contributed by atoms with van der Waals surface area (Å²) in [7, 11) is -3.55. The van der Waals surface area contributed by atoms with Crippen molar-refractivity contribution in [3.8, 4) is 17.2 Å². The third kappa shape index (κ3) is 4.03. The van der Waals surface area contributed by atoms with Crippen molar-refractivity contribution in [1.82, 2.24) is 9.29 Å². The van der Waals surface area contributed by atoms with Gasteiger partial charge in [0.25, 0.3) is 0 Å². The Morgan fingerprint density at radius 1 is 1.23 bits per heavy atom. The van der Waals surface area contributed by atoms with Crippen LogP contribution in [0.2, 0.25) is 0 Å². The molecule has 152 valence electrons. The van der Waals surface area contributed by atoms with E-state index in [1.165, 1.54) is 11.2 Å². The normalized spacial score (nSPS) is 14.8. The van der Waals surface area contributed by atoms with Crippen molar-refractivity contribution >= 4 is 32.3 Å².